The van der Waals surface area contributed by atoms with Crippen LogP contribution in [0.25, 0.3) is 0 Å². The number of halogens is 1. The van der Waals surface area contributed by atoms with Crippen molar-refractivity contribution in [3.63, 3.8) is 0 Å². The maximum atomic E-state index is 3.63. The molecule has 118 valence electrons. The van der Waals surface area contributed by atoms with Gasteiger partial charge in [-0.3, -0.25) is 0 Å². The SMILES string of the molecule is CCNC(C)c1ccc(Br)cc1N(C)C1CCCN(C)C1. The molecule has 1 saturated heterocycles. The minimum atomic E-state index is 0.377. The number of likely N-dealkylation sites (N-methyl/N-ethyl adjacent to an activating group) is 2. The van der Waals surface area contributed by atoms with Gasteiger partial charge in [-0.2, -0.15) is 0 Å². The zero-order chi connectivity index (χ0) is 15.4. The van der Waals surface area contributed by atoms with Gasteiger partial charge in [0.15, 0.2) is 0 Å². The second-order valence-electron chi connectivity index (χ2n) is 6.15. The number of anilines is 1. The van der Waals surface area contributed by atoms with Crippen molar-refractivity contribution in [1.29, 1.82) is 0 Å². The third-order valence-corrected chi connectivity index (χ3v) is 4.99. The van der Waals surface area contributed by atoms with Crippen LogP contribution < -0.4 is 10.2 Å². The first kappa shape index (κ1) is 16.8. The Bertz CT molecular complexity index is 463. The van der Waals surface area contributed by atoms with E-state index >= 15 is 0 Å². The van der Waals surface area contributed by atoms with E-state index in [1.807, 2.05) is 0 Å². The summed E-state index contributed by atoms with van der Waals surface area (Å²) in [6, 6.07) is 7.63. The number of hydrogen-bond acceptors (Lipinski definition) is 3. The fraction of sp³-hybridized carbons (Fsp3) is 0.647. The second-order valence-corrected chi connectivity index (χ2v) is 7.07. The molecule has 2 atom stereocenters. The number of piperidine rings is 1. The number of nitrogens with one attached hydrogen (secondary N) is 1. The van der Waals surface area contributed by atoms with Crippen LogP contribution in [0.1, 0.15) is 38.3 Å². The lowest BCUT2D eigenvalue weighted by molar-refractivity contribution is 0.247. The Kier molecular flexibility index (Phi) is 6.08. The van der Waals surface area contributed by atoms with Crippen molar-refractivity contribution in [2.45, 2.75) is 38.8 Å². The lowest BCUT2D eigenvalue weighted by Gasteiger charge is -2.38. The van der Waals surface area contributed by atoms with E-state index in [1.54, 1.807) is 0 Å². The number of likely N-dealkylation sites (tertiary alicyclic amines) is 1. The number of nitrogens with zero attached hydrogens (tertiary/aromatic N) is 2. The largest absolute Gasteiger partial charge is 0.370 e. The third-order valence-electron chi connectivity index (χ3n) is 4.50. The summed E-state index contributed by atoms with van der Waals surface area (Å²) in [5, 5.41) is 3.54. The van der Waals surface area contributed by atoms with Crippen molar-refractivity contribution in [2.24, 2.45) is 0 Å². The maximum absolute atomic E-state index is 3.63. The molecule has 4 heteroatoms. The second kappa shape index (κ2) is 7.61. The Hall–Kier alpha value is -0.580. The predicted octanol–water partition coefficient (Wildman–Crippen LogP) is 3.65. The van der Waals surface area contributed by atoms with Crippen molar-refractivity contribution >= 4 is 21.6 Å². The predicted molar refractivity (Wildman–Crippen MR) is 95.2 cm³/mol. The molecule has 1 aliphatic rings. The summed E-state index contributed by atoms with van der Waals surface area (Å²) in [5.74, 6) is 0. The van der Waals surface area contributed by atoms with Crippen LogP contribution in [-0.4, -0.2) is 44.7 Å². The number of hydrogen-bond donors (Lipinski definition) is 1. The molecular weight excluding hydrogens is 326 g/mol. The van der Waals surface area contributed by atoms with Gasteiger partial charge in [0.1, 0.15) is 0 Å². The first-order chi connectivity index (χ1) is 10.0. The molecule has 0 amide bonds. The molecule has 2 unspecified atom stereocenters. The Labute approximate surface area is 137 Å². The van der Waals surface area contributed by atoms with Gasteiger partial charge in [0.2, 0.25) is 0 Å². The molecule has 1 aliphatic heterocycles. The molecule has 1 fully saturated rings. The zero-order valence-electron chi connectivity index (χ0n) is 13.7. The van der Waals surface area contributed by atoms with Crippen LogP contribution in [0.4, 0.5) is 5.69 Å². The van der Waals surface area contributed by atoms with E-state index < -0.39 is 0 Å². The van der Waals surface area contributed by atoms with E-state index in [1.165, 1.54) is 30.6 Å². The molecule has 21 heavy (non-hydrogen) atoms. The summed E-state index contributed by atoms with van der Waals surface area (Å²) >= 11 is 3.63. The van der Waals surface area contributed by atoms with Crippen molar-refractivity contribution < 1.29 is 0 Å². The summed E-state index contributed by atoms with van der Waals surface area (Å²) in [6.07, 6.45) is 2.57. The number of benzene rings is 1. The van der Waals surface area contributed by atoms with Gasteiger partial charge in [0, 0.05) is 35.8 Å². The smallest absolute Gasteiger partial charge is 0.0426 e. The first-order valence-corrected chi connectivity index (χ1v) is 8.76. The minimum absolute atomic E-state index is 0.377. The molecule has 3 nitrogen and oxygen atoms in total. The molecule has 1 heterocycles. The summed E-state index contributed by atoms with van der Waals surface area (Å²) in [4.78, 5) is 4.92. The van der Waals surface area contributed by atoms with Crippen LogP contribution in [0.2, 0.25) is 0 Å². The highest BCUT2D eigenvalue weighted by molar-refractivity contribution is 9.10. The number of rotatable bonds is 5. The molecule has 0 aliphatic carbocycles. The molecule has 0 bridgehead atoms. The van der Waals surface area contributed by atoms with Gasteiger partial charge in [-0.1, -0.05) is 28.9 Å². The van der Waals surface area contributed by atoms with Crippen LogP contribution >= 0.6 is 15.9 Å². The van der Waals surface area contributed by atoms with Crippen molar-refractivity contribution in [3.8, 4) is 0 Å². The van der Waals surface area contributed by atoms with Gasteiger partial charge in [0.25, 0.3) is 0 Å². The van der Waals surface area contributed by atoms with Crippen LogP contribution in [0.15, 0.2) is 22.7 Å². The van der Waals surface area contributed by atoms with Gasteiger partial charge in [-0.15, -0.1) is 0 Å². The molecule has 0 aromatic heterocycles. The zero-order valence-corrected chi connectivity index (χ0v) is 15.3. The van der Waals surface area contributed by atoms with E-state index in [-0.39, 0.29) is 0 Å². The first-order valence-electron chi connectivity index (χ1n) is 7.97. The fourth-order valence-corrected chi connectivity index (χ4v) is 3.61. The Morgan fingerprint density at radius 1 is 1.48 bits per heavy atom. The quantitative estimate of drug-likeness (QED) is 0.871. The Balaban J connectivity index is 2.25. The van der Waals surface area contributed by atoms with Gasteiger partial charge < -0.3 is 15.1 Å². The van der Waals surface area contributed by atoms with Crippen LogP contribution in [0.3, 0.4) is 0 Å². The van der Waals surface area contributed by atoms with Crippen molar-refractivity contribution in [1.82, 2.24) is 10.2 Å². The summed E-state index contributed by atoms with van der Waals surface area (Å²) in [6.45, 7) is 7.78. The van der Waals surface area contributed by atoms with Gasteiger partial charge >= 0.3 is 0 Å². The van der Waals surface area contributed by atoms with Crippen LogP contribution in [0, 0.1) is 0 Å². The molecule has 0 radical (unpaired) electrons. The summed E-state index contributed by atoms with van der Waals surface area (Å²) < 4.78 is 1.15. The molecule has 1 aromatic rings. The van der Waals surface area contributed by atoms with E-state index in [0.29, 0.717) is 12.1 Å². The average molecular weight is 354 g/mol. The molecule has 1 aromatic carbocycles. The van der Waals surface area contributed by atoms with Crippen LogP contribution in [0.5, 0.6) is 0 Å². The molecular formula is C17H28BrN3. The topological polar surface area (TPSA) is 18.5 Å². The average Bonchev–Trinajstić information content (AvgIpc) is 2.46. The molecule has 0 saturated carbocycles. The highest BCUT2D eigenvalue weighted by atomic mass is 79.9. The lowest BCUT2D eigenvalue weighted by atomic mass is 10.0. The highest BCUT2D eigenvalue weighted by Gasteiger charge is 2.24. The fourth-order valence-electron chi connectivity index (χ4n) is 3.26. The Morgan fingerprint density at radius 3 is 2.90 bits per heavy atom. The van der Waals surface area contributed by atoms with Crippen LogP contribution in [-0.2, 0) is 0 Å². The lowest BCUT2D eigenvalue weighted by Crippen LogP contribution is -2.45. The molecule has 1 N–H and O–H groups in total. The highest BCUT2D eigenvalue weighted by Crippen LogP contribution is 2.31. The summed E-state index contributed by atoms with van der Waals surface area (Å²) in [5.41, 5.74) is 2.73. The van der Waals surface area contributed by atoms with Gasteiger partial charge in [0.05, 0.1) is 0 Å². The molecule has 2 rings (SSSR count). The van der Waals surface area contributed by atoms with Crippen molar-refractivity contribution in [3.05, 3.63) is 28.2 Å². The van der Waals surface area contributed by atoms with E-state index in [0.717, 1.165) is 17.6 Å². The van der Waals surface area contributed by atoms with Gasteiger partial charge in [-0.05, 0) is 57.6 Å². The monoisotopic (exact) mass is 353 g/mol. The standard InChI is InChI=1S/C17H28BrN3/c1-5-19-13(2)16-9-8-14(18)11-17(16)21(4)15-7-6-10-20(3)12-15/h8-9,11,13,15,19H,5-7,10,12H2,1-4H3. The van der Waals surface area contributed by atoms with E-state index in [4.69, 9.17) is 0 Å². The third kappa shape index (κ3) is 4.21. The van der Waals surface area contributed by atoms with E-state index in [2.05, 4.69) is 77.2 Å². The van der Waals surface area contributed by atoms with Gasteiger partial charge in [-0.25, -0.2) is 0 Å². The van der Waals surface area contributed by atoms with E-state index in [9.17, 15) is 0 Å². The summed E-state index contributed by atoms with van der Waals surface area (Å²) in [7, 11) is 4.47. The minimum Gasteiger partial charge on any atom is -0.370 e. The molecule has 0 spiro atoms. The normalized spacial score (nSPS) is 21.3. The maximum Gasteiger partial charge on any atom is 0.0426 e. The Morgan fingerprint density at radius 2 is 2.24 bits per heavy atom. The van der Waals surface area contributed by atoms with Crippen molar-refractivity contribution in [2.75, 3.05) is 38.6 Å².